The molecule has 0 fully saturated rings. The summed E-state index contributed by atoms with van der Waals surface area (Å²) in [7, 11) is -4.12. The number of unbranched alkanes of at least 4 members (excludes halogenated alkanes) is 3. The standard InChI is InChI=1S/C22H23FN4O2S/c1-2-3-4-7-14-25-22-21(26-18-8-5-6-9-19(18)27-22)20(15-24)30(28,29)17-12-10-16(23)11-13-17/h5-6,8-13,20H,2-4,7,14H2,1H3,(H,25,27)/t20-/m1/s1. The molecule has 0 saturated carbocycles. The average molecular weight is 427 g/mol. The van der Waals surface area contributed by atoms with Crippen molar-refractivity contribution in [2.75, 3.05) is 11.9 Å². The highest BCUT2D eigenvalue weighted by atomic mass is 32.2. The zero-order valence-electron chi connectivity index (χ0n) is 16.7. The summed E-state index contributed by atoms with van der Waals surface area (Å²) in [5.41, 5.74) is 1.16. The summed E-state index contributed by atoms with van der Waals surface area (Å²) in [5, 5.41) is 11.4. The molecule has 0 aliphatic heterocycles. The van der Waals surface area contributed by atoms with Gasteiger partial charge in [-0.2, -0.15) is 5.26 Å². The van der Waals surface area contributed by atoms with Gasteiger partial charge < -0.3 is 5.32 Å². The van der Waals surface area contributed by atoms with E-state index in [1.807, 2.05) is 12.1 Å². The quantitative estimate of drug-likeness (QED) is 0.390. The van der Waals surface area contributed by atoms with Gasteiger partial charge in [-0.15, -0.1) is 0 Å². The third-order valence-electron chi connectivity index (χ3n) is 4.74. The Morgan fingerprint density at radius 3 is 2.33 bits per heavy atom. The fourth-order valence-corrected chi connectivity index (χ4v) is 4.51. The van der Waals surface area contributed by atoms with Crippen LogP contribution in [-0.2, 0) is 9.84 Å². The van der Waals surface area contributed by atoms with E-state index >= 15 is 0 Å². The fourth-order valence-electron chi connectivity index (χ4n) is 3.12. The lowest BCUT2D eigenvalue weighted by molar-refractivity contribution is 0.589. The molecule has 30 heavy (non-hydrogen) atoms. The Morgan fingerprint density at radius 2 is 1.70 bits per heavy atom. The van der Waals surface area contributed by atoms with E-state index in [4.69, 9.17) is 0 Å². The minimum atomic E-state index is -4.12. The van der Waals surface area contributed by atoms with Gasteiger partial charge in [0.15, 0.2) is 11.1 Å². The minimum Gasteiger partial charge on any atom is -0.368 e. The molecular weight excluding hydrogens is 403 g/mol. The number of rotatable bonds is 9. The minimum absolute atomic E-state index is 0.0519. The van der Waals surface area contributed by atoms with Crippen LogP contribution in [0.25, 0.3) is 11.0 Å². The Kier molecular flexibility index (Phi) is 6.95. The number of aromatic nitrogens is 2. The summed E-state index contributed by atoms with van der Waals surface area (Å²) in [4.78, 5) is 8.86. The number of para-hydroxylation sites is 2. The van der Waals surface area contributed by atoms with Crippen LogP contribution >= 0.6 is 0 Å². The smallest absolute Gasteiger partial charge is 0.200 e. The lowest BCUT2D eigenvalue weighted by Gasteiger charge is -2.16. The van der Waals surface area contributed by atoms with Gasteiger partial charge in [0, 0.05) is 6.54 Å². The van der Waals surface area contributed by atoms with E-state index in [9.17, 15) is 18.1 Å². The molecule has 0 aliphatic rings. The molecule has 0 saturated heterocycles. The molecule has 3 rings (SSSR count). The van der Waals surface area contributed by atoms with Gasteiger partial charge in [-0.05, 0) is 42.8 Å². The second kappa shape index (κ2) is 9.63. The Morgan fingerprint density at radius 1 is 1.03 bits per heavy atom. The third kappa shape index (κ3) is 4.74. The molecule has 1 heterocycles. The molecule has 0 radical (unpaired) electrons. The number of nitrogens with one attached hydrogen (secondary N) is 1. The van der Waals surface area contributed by atoms with Crippen molar-refractivity contribution in [1.29, 1.82) is 5.26 Å². The van der Waals surface area contributed by atoms with E-state index in [0.717, 1.165) is 49.9 Å². The monoisotopic (exact) mass is 426 g/mol. The van der Waals surface area contributed by atoms with Crippen molar-refractivity contribution in [1.82, 2.24) is 9.97 Å². The molecular formula is C22H23FN4O2S. The fraction of sp³-hybridized carbons (Fsp3) is 0.318. The molecule has 0 bridgehead atoms. The number of anilines is 1. The maximum atomic E-state index is 13.3. The van der Waals surface area contributed by atoms with Crippen LogP contribution < -0.4 is 5.32 Å². The predicted octanol–water partition coefficient (Wildman–Crippen LogP) is 4.80. The van der Waals surface area contributed by atoms with Crippen molar-refractivity contribution in [3.05, 3.63) is 60.0 Å². The predicted molar refractivity (Wildman–Crippen MR) is 114 cm³/mol. The summed E-state index contributed by atoms with van der Waals surface area (Å²) >= 11 is 0. The van der Waals surface area contributed by atoms with Crippen LogP contribution in [0.4, 0.5) is 10.2 Å². The average Bonchev–Trinajstić information content (AvgIpc) is 2.74. The Labute approximate surface area is 175 Å². The molecule has 0 spiro atoms. The van der Waals surface area contributed by atoms with Crippen molar-refractivity contribution in [3.63, 3.8) is 0 Å². The number of hydrogen-bond donors (Lipinski definition) is 1. The summed E-state index contributed by atoms with van der Waals surface area (Å²) < 4.78 is 39.5. The summed E-state index contributed by atoms with van der Waals surface area (Å²) in [6.45, 7) is 2.72. The summed E-state index contributed by atoms with van der Waals surface area (Å²) in [6, 6.07) is 13.4. The van der Waals surface area contributed by atoms with Gasteiger partial charge in [-0.3, -0.25) is 0 Å². The molecule has 156 valence electrons. The maximum Gasteiger partial charge on any atom is 0.200 e. The lowest BCUT2D eigenvalue weighted by atomic mass is 10.2. The number of fused-ring (bicyclic) bond motifs is 1. The van der Waals surface area contributed by atoms with Crippen molar-refractivity contribution in [2.24, 2.45) is 0 Å². The number of sulfone groups is 1. The zero-order chi connectivity index (χ0) is 21.6. The molecule has 2 aromatic carbocycles. The second-order valence-corrected chi connectivity index (χ2v) is 8.97. The summed E-state index contributed by atoms with van der Waals surface area (Å²) in [5.74, 6) is -0.273. The van der Waals surface area contributed by atoms with Gasteiger partial charge in [-0.25, -0.2) is 22.8 Å². The van der Waals surface area contributed by atoms with Crippen LogP contribution in [0.5, 0.6) is 0 Å². The van der Waals surface area contributed by atoms with Crippen molar-refractivity contribution in [2.45, 2.75) is 42.8 Å². The Hall–Kier alpha value is -3.05. The molecule has 8 heteroatoms. The normalized spacial score (nSPS) is 12.4. The van der Waals surface area contributed by atoms with E-state index in [1.165, 1.54) is 0 Å². The third-order valence-corrected chi connectivity index (χ3v) is 6.62. The number of hydrogen-bond acceptors (Lipinski definition) is 6. The zero-order valence-corrected chi connectivity index (χ0v) is 17.5. The van der Waals surface area contributed by atoms with Crippen molar-refractivity contribution in [3.8, 4) is 6.07 Å². The molecule has 0 unspecified atom stereocenters. The first-order valence-corrected chi connectivity index (χ1v) is 11.4. The van der Waals surface area contributed by atoms with Gasteiger partial charge in [0.1, 0.15) is 11.5 Å². The first-order valence-electron chi connectivity index (χ1n) is 9.87. The first kappa shape index (κ1) is 21.7. The Bertz CT molecular complexity index is 1160. The molecule has 3 aromatic rings. The lowest BCUT2D eigenvalue weighted by Crippen LogP contribution is -2.17. The molecule has 1 atom stereocenters. The van der Waals surface area contributed by atoms with Crippen LogP contribution in [0, 0.1) is 17.1 Å². The van der Waals surface area contributed by atoms with E-state index in [1.54, 1.807) is 18.2 Å². The highest BCUT2D eigenvalue weighted by Gasteiger charge is 2.33. The van der Waals surface area contributed by atoms with Crippen LogP contribution in [0.15, 0.2) is 53.4 Å². The van der Waals surface area contributed by atoms with Crippen LogP contribution in [0.3, 0.4) is 0 Å². The first-order chi connectivity index (χ1) is 14.5. The van der Waals surface area contributed by atoms with Crippen LogP contribution in [0.2, 0.25) is 0 Å². The van der Waals surface area contributed by atoms with E-state index in [-0.39, 0.29) is 16.4 Å². The van der Waals surface area contributed by atoms with Gasteiger partial charge >= 0.3 is 0 Å². The number of nitrogens with zero attached hydrogens (tertiary/aromatic N) is 3. The van der Waals surface area contributed by atoms with Gasteiger partial charge in [0.2, 0.25) is 9.84 Å². The Balaban J connectivity index is 2.03. The second-order valence-electron chi connectivity index (χ2n) is 6.94. The van der Waals surface area contributed by atoms with Gasteiger partial charge in [-0.1, -0.05) is 38.3 Å². The number of nitriles is 1. The van der Waals surface area contributed by atoms with Crippen LogP contribution in [0.1, 0.15) is 43.6 Å². The number of benzene rings is 2. The highest BCUT2D eigenvalue weighted by Crippen LogP contribution is 2.32. The van der Waals surface area contributed by atoms with Gasteiger partial charge in [0.25, 0.3) is 0 Å². The van der Waals surface area contributed by atoms with E-state index in [2.05, 4.69) is 22.2 Å². The molecule has 1 N–H and O–H groups in total. The SMILES string of the molecule is CCCCCCNc1nc2ccccc2nc1[C@@H](C#N)S(=O)(=O)c1ccc(F)cc1. The van der Waals surface area contributed by atoms with Crippen LogP contribution in [-0.4, -0.2) is 24.9 Å². The van der Waals surface area contributed by atoms with Crippen molar-refractivity contribution >= 4 is 26.7 Å². The molecule has 1 aromatic heterocycles. The van der Waals surface area contributed by atoms with Crippen molar-refractivity contribution < 1.29 is 12.8 Å². The number of halogens is 1. The molecule has 6 nitrogen and oxygen atoms in total. The summed E-state index contributed by atoms with van der Waals surface area (Å²) in [6.07, 6.45) is 4.14. The highest BCUT2D eigenvalue weighted by molar-refractivity contribution is 7.92. The largest absolute Gasteiger partial charge is 0.368 e. The molecule has 0 amide bonds. The maximum absolute atomic E-state index is 13.3. The van der Waals surface area contributed by atoms with Gasteiger partial charge in [0.05, 0.1) is 22.0 Å². The molecule has 0 aliphatic carbocycles. The topological polar surface area (TPSA) is 95.7 Å². The van der Waals surface area contributed by atoms with E-state index in [0.29, 0.717) is 17.6 Å². The van der Waals surface area contributed by atoms with E-state index < -0.39 is 20.9 Å².